The van der Waals surface area contributed by atoms with Crippen molar-refractivity contribution in [3.63, 3.8) is 0 Å². The maximum Gasteiger partial charge on any atom is 0.304 e. The third-order valence-corrected chi connectivity index (χ3v) is 3.87. The first-order chi connectivity index (χ1) is 8.63. The van der Waals surface area contributed by atoms with Gasteiger partial charge in [-0.2, -0.15) is 0 Å². The molecule has 0 saturated heterocycles. The van der Waals surface area contributed by atoms with Crippen molar-refractivity contribution in [1.82, 2.24) is 0 Å². The topological polar surface area (TPSA) is 66.8 Å². The van der Waals surface area contributed by atoms with Crippen molar-refractivity contribution in [2.45, 2.75) is 39.5 Å². The van der Waals surface area contributed by atoms with E-state index < -0.39 is 11.4 Å². The molecule has 5 heteroatoms. The first-order valence-corrected chi connectivity index (χ1v) is 6.29. The van der Waals surface area contributed by atoms with Crippen LogP contribution in [0.25, 0.3) is 0 Å². The van der Waals surface area contributed by atoms with Crippen molar-refractivity contribution in [2.24, 2.45) is 0 Å². The lowest BCUT2D eigenvalue weighted by molar-refractivity contribution is -0.138. The van der Waals surface area contributed by atoms with E-state index in [1.807, 2.05) is 0 Å². The van der Waals surface area contributed by atoms with Crippen LogP contribution >= 0.6 is 11.6 Å². The zero-order valence-corrected chi connectivity index (χ0v) is 12.6. The van der Waals surface area contributed by atoms with E-state index in [1.54, 1.807) is 27.7 Å². The molecule has 1 aromatic carbocycles. The van der Waals surface area contributed by atoms with E-state index in [4.69, 9.17) is 21.4 Å². The molecule has 0 amide bonds. The first kappa shape index (κ1) is 15.6. The Morgan fingerprint density at radius 3 is 2.26 bits per heavy atom. The van der Waals surface area contributed by atoms with Crippen molar-refractivity contribution >= 4 is 17.6 Å². The molecule has 0 saturated carbocycles. The largest absolute Gasteiger partial charge is 0.504 e. The van der Waals surface area contributed by atoms with Gasteiger partial charge in [-0.3, -0.25) is 4.79 Å². The number of carbonyl (C=O) groups is 1. The number of benzene rings is 1. The Labute approximate surface area is 118 Å². The number of hydrogen-bond donors (Lipinski definition) is 2. The second-order valence-corrected chi connectivity index (χ2v) is 5.65. The van der Waals surface area contributed by atoms with E-state index in [0.717, 1.165) is 0 Å². The van der Waals surface area contributed by atoms with Crippen LogP contribution in [0.1, 0.15) is 37.0 Å². The zero-order valence-electron chi connectivity index (χ0n) is 11.8. The SMILES string of the molecule is COc1c(C)c(Cl)c(C)c(C(C)(C)CC(=O)O)c1O. The molecule has 0 aromatic heterocycles. The fraction of sp³-hybridized carbons (Fsp3) is 0.500. The molecule has 0 heterocycles. The van der Waals surface area contributed by atoms with E-state index in [1.165, 1.54) is 7.11 Å². The van der Waals surface area contributed by atoms with Crippen molar-refractivity contribution in [3.8, 4) is 11.5 Å². The van der Waals surface area contributed by atoms with Crippen LogP contribution in [-0.2, 0) is 10.2 Å². The van der Waals surface area contributed by atoms with Gasteiger partial charge in [-0.05, 0) is 19.4 Å². The standard InChI is InChI=1S/C14H19ClO4/c1-7-10(14(3,4)6-9(16)17)12(18)13(19-5)8(2)11(7)15/h18H,6H2,1-5H3,(H,16,17). The highest BCUT2D eigenvalue weighted by molar-refractivity contribution is 6.32. The summed E-state index contributed by atoms with van der Waals surface area (Å²) < 4.78 is 5.17. The monoisotopic (exact) mass is 286 g/mol. The molecule has 0 aliphatic rings. The van der Waals surface area contributed by atoms with Crippen LogP contribution in [0, 0.1) is 13.8 Å². The van der Waals surface area contributed by atoms with Crippen LogP contribution in [0.2, 0.25) is 5.02 Å². The van der Waals surface area contributed by atoms with E-state index >= 15 is 0 Å². The van der Waals surface area contributed by atoms with E-state index in [9.17, 15) is 9.90 Å². The summed E-state index contributed by atoms with van der Waals surface area (Å²) in [5, 5.41) is 19.8. The average Bonchev–Trinajstić information content (AvgIpc) is 2.24. The van der Waals surface area contributed by atoms with Crippen molar-refractivity contribution < 1.29 is 19.7 Å². The molecule has 106 valence electrons. The predicted octanol–water partition coefficient (Wildman–Crippen LogP) is 3.42. The second kappa shape index (κ2) is 5.29. The summed E-state index contributed by atoms with van der Waals surface area (Å²) in [6, 6.07) is 0. The minimum absolute atomic E-state index is 0.0341. The number of halogens is 1. The van der Waals surface area contributed by atoms with Gasteiger partial charge in [0.25, 0.3) is 0 Å². The van der Waals surface area contributed by atoms with Crippen LogP contribution < -0.4 is 4.74 Å². The minimum atomic E-state index is -0.931. The van der Waals surface area contributed by atoms with Crippen LogP contribution in [0.3, 0.4) is 0 Å². The average molecular weight is 287 g/mol. The highest BCUT2D eigenvalue weighted by Crippen LogP contribution is 2.46. The van der Waals surface area contributed by atoms with E-state index in [2.05, 4.69) is 0 Å². The summed E-state index contributed by atoms with van der Waals surface area (Å²) in [4.78, 5) is 11.0. The molecule has 0 radical (unpaired) electrons. The zero-order chi connectivity index (χ0) is 15.0. The van der Waals surface area contributed by atoms with Gasteiger partial charge in [-0.1, -0.05) is 25.4 Å². The van der Waals surface area contributed by atoms with Gasteiger partial charge < -0.3 is 14.9 Å². The maximum atomic E-state index is 11.0. The molecule has 0 spiro atoms. The third kappa shape index (κ3) is 2.78. The van der Waals surface area contributed by atoms with Gasteiger partial charge in [0.15, 0.2) is 11.5 Å². The van der Waals surface area contributed by atoms with E-state index in [-0.39, 0.29) is 12.2 Å². The molecule has 0 aliphatic heterocycles. The Morgan fingerprint density at radius 2 is 1.84 bits per heavy atom. The fourth-order valence-corrected chi connectivity index (χ4v) is 2.68. The van der Waals surface area contributed by atoms with Crippen LogP contribution in [0.4, 0.5) is 0 Å². The number of phenols is 1. The van der Waals surface area contributed by atoms with Crippen LogP contribution in [0.15, 0.2) is 0 Å². The van der Waals surface area contributed by atoms with Crippen molar-refractivity contribution in [3.05, 3.63) is 21.7 Å². The summed E-state index contributed by atoms with van der Waals surface area (Å²) in [5.74, 6) is -0.670. The molecular formula is C14H19ClO4. The van der Waals surface area contributed by atoms with Gasteiger partial charge in [-0.15, -0.1) is 0 Å². The molecule has 4 nitrogen and oxygen atoms in total. The van der Waals surface area contributed by atoms with Gasteiger partial charge in [0.05, 0.1) is 18.6 Å². The second-order valence-electron chi connectivity index (χ2n) is 5.28. The molecule has 0 atom stereocenters. The summed E-state index contributed by atoms with van der Waals surface area (Å²) in [7, 11) is 1.45. The van der Waals surface area contributed by atoms with Gasteiger partial charge >= 0.3 is 5.97 Å². The molecule has 0 bridgehead atoms. The predicted molar refractivity (Wildman–Crippen MR) is 74.4 cm³/mol. The number of methoxy groups -OCH3 is 1. The minimum Gasteiger partial charge on any atom is -0.504 e. The van der Waals surface area contributed by atoms with Gasteiger partial charge in [0, 0.05) is 16.5 Å². The van der Waals surface area contributed by atoms with Crippen LogP contribution in [0.5, 0.6) is 11.5 Å². The highest BCUT2D eigenvalue weighted by Gasteiger charge is 2.32. The summed E-state index contributed by atoms with van der Waals surface area (Å²) >= 11 is 6.24. The third-order valence-electron chi connectivity index (χ3n) is 3.30. The number of aromatic hydroxyl groups is 1. The first-order valence-electron chi connectivity index (χ1n) is 5.91. The number of rotatable bonds is 4. The lowest BCUT2D eigenvalue weighted by Crippen LogP contribution is -2.23. The Bertz CT molecular complexity index is 521. The number of phenolic OH excluding ortho intramolecular Hbond substituents is 1. The van der Waals surface area contributed by atoms with Crippen molar-refractivity contribution in [1.29, 1.82) is 0 Å². The number of hydrogen-bond acceptors (Lipinski definition) is 3. The summed E-state index contributed by atoms with van der Waals surface area (Å²) in [6.45, 7) is 7.04. The number of ether oxygens (including phenoxy) is 1. The van der Waals surface area contributed by atoms with Gasteiger partial charge in [-0.25, -0.2) is 0 Å². The van der Waals surface area contributed by atoms with Gasteiger partial charge in [0.2, 0.25) is 0 Å². The number of aliphatic carboxylic acids is 1. The molecule has 0 fully saturated rings. The lowest BCUT2D eigenvalue weighted by atomic mass is 9.78. The number of carboxylic acids is 1. The quantitative estimate of drug-likeness (QED) is 0.890. The maximum absolute atomic E-state index is 11.0. The molecule has 2 N–H and O–H groups in total. The number of carboxylic acid groups (broad SMARTS) is 1. The summed E-state index contributed by atoms with van der Waals surface area (Å²) in [6.07, 6.45) is -0.107. The molecule has 0 aliphatic carbocycles. The molecule has 1 aromatic rings. The molecule has 1 rings (SSSR count). The molecule has 19 heavy (non-hydrogen) atoms. The Kier molecular flexibility index (Phi) is 4.35. The van der Waals surface area contributed by atoms with Crippen LogP contribution in [-0.4, -0.2) is 23.3 Å². The van der Waals surface area contributed by atoms with E-state index in [0.29, 0.717) is 27.5 Å². The molecule has 0 unspecified atom stereocenters. The Morgan fingerprint density at radius 1 is 1.32 bits per heavy atom. The normalized spacial score (nSPS) is 11.5. The Balaban J connectivity index is 3.60. The lowest BCUT2D eigenvalue weighted by Gasteiger charge is -2.28. The van der Waals surface area contributed by atoms with Crippen molar-refractivity contribution in [2.75, 3.05) is 7.11 Å². The highest BCUT2D eigenvalue weighted by atomic mass is 35.5. The fourth-order valence-electron chi connectivity index (χ4n) is 2.50. The molecular weight excluding hydrogens is 268 g/mol. The Hall–Kier alpha value is -1.42. The van der Waals surface area contributed by atoms with Gasteiger partial charge in [0.1, 0.15) is 0 Å². The smallest absolute Gasteiger partial charge is 0.304 e. The summed E-state index contributed by atoms with van der Waals surface area (Å²) in [5.41, 5.74) is 1.10.